The first-order chi connectivity index (χ1) is 10.3. The van der Waals surface area contributed by atoms with Crippen LogP contribution in [0.1, 0.15) is 11.7 Å². The van der Waals surface area contributed by atoms with Crippen molar-refractivity contribution in [2.75, 3.05) is 51.2 Å². The van der Waals surface area contributed by atoms with Crippen LogP contribution in [0.15, 0.2) is 28.7 Å². The third kappa shape index (κ3) is 9.10. The topological polar surface area (TPSA) is 36.9 Å². The van der Waals surface area contributed by atoms with Gasteiger partial charge < -0.3 is 18.9 Å². The monoisotopic (exact) mass is 472 g/mol. The van der Waals surface area contributed by atoms with Gasteiger partial charge in [0.15, 0.2) is 0 Å². The van der Waals surface area contributed by atoms with E-state index < -0.39 is 0 Å². The number of ether oxygens (including phenoxy) is 4. The number of hydrogen-bond acceptors (Lipinski definition) is 4. The van der Waals surface area contributed by atoms with Crippen LogP contribution >= 0.6 is 38.5 Å². The molecule has 1 aromatic carbocycles. The van der Waals surface area contributed by atoms with Gasteiger partial charge in [-0.3, -0.25) is 0 Å². The molecule has 0 aromatic heterocycles. The maximum absolute atomic E-state index is 5.86. The quantitative estimate of drug-likeness (QED) is 0.264. The molecule has 1 rings (SSSR count). The van der Waals surface area contributed by atoms with Gasteiger partial charge in [0.2, 0.25) is 0 Å². The third-order valence-electron chi connectivity index (χ3n) is 2.71. The molecule has 0 radical (unpaired) electrons. The molecule has 21 heavy (non-hydrogen) atoms. The molecule has 0 aliphatic rings. The summed E-state index contributed by atoms with van der Waals surface area (Å²) in [7, 11) is 1.66. The smallest absolute Gasteiger partial charge is 0.0915 e. The molecule has 0 spiro atoms. The zero-order valence-corrected chi connectivity index (χ0v) is 16.0. The maximum atomic E-state index is 5.86. The Morgan fingerprint density at radius 2 is 1.71 bits per heavy atom. The Labute approximate surface area is 148 Å². The van der Waals surface area contributed by atoms with Gasteiger partial charge in [-0.15, -0.1) is 0 Å². The van der Waals surface area contributed by atoms with E-state index in [4.69, 9.17) is 18.9 Å². The Hall–Kier alpha value is 0.270. The summed E-state index contributed by atoms with van der Waals surface area (Å²) in [5.41, 5.74) is 1.18. The average molecular weight is 473 g/mol. The van der Waals surface area contributed by atoms with E-state index in [0.29, 0.717) is 39.6 Å². The van der Waals surface area contributed by atoms with Gasteiger partial charge in [-0.1, -0.05) is 50.7 Å². The van der Waals surface area contributed by atoms with Crippen LogP contribution < -0.4 is 0 Å². The Kier molecular flexibility index (Phi) is 11.8. The van der Waals surface area contributed by atoms with Crippen molar-refractivity contribution in [3.63, 3.8) is 0 Å². The second kappa shape index (κ2) is 12.8. The third-order valence-corrected chi connectivity index (χ3v) is 4.00. The van der Waals surface area contributed by atoms with Crippen LogP contribution in [-0.4, -0.2) is 51.2 Å². The molecule has 4 nitrogen and oxygen atoms in total. The lowest BCUT2D eigenvalue weighted by atomic mass is 10.1. The average Bonchev–Trinajstić information content (AvgIpc) is 2.49. The summed E-state index contributed by atoms with van der Waals surface area (Å²) in [5.74, 6) is 0. The zero-order chi connectivity index (χ0) is 15.3. The van der Waals surface area contributed by atoms with Crippen molar-refractivity contribution >= 4 is 38.5 Å². The highest BCUT2D eigenvalue weighted by molar-refractivity contribution is 14.1. The van der Waals surface area contributed by atoms with E-state index in [-0.39, 0.29) is 6.10 Å². The molecule has 1 unspecified atom stereocenters. The first-order valence-electron chi connectivity index (χ1n) is 6.85. The highest BCUT2D eigenvalue weighted by Crippen LogP contribution is 2.23. The molecule has 0 bridgehead atoms. The van der Waals surface area contributed by atoms with Crippen LogP contribution in [0.5, 0.6) is 0 Å². The first kappa shape index (κ1) is 19.3. The molecule has 0 saturated heterocycles. The minimum Gasteiger partial charge on any atom is -0.382 e. The largest absolute Gasteiger partial charge is 0.382 e. The molecule has 0 saturated carbocycles. The first-order valence-corrected chi connectivity index (χ1v) is 9.17. The van der Waals surface area contributed by atoms with Crippen molar-refractivity contribution in [3.8, 4) is 0 Å². The summed E-state index contributed by atoms with van der Waals surface area (Å²) >= 11 is 5.82. The number of hydrogen-bond donors (Lipinski definition) is 0. The van der Waals surface area contributed by atoms with Crippen molar-refractivity contribution in [1.29, 1.82) is 0 Å². The van der Waals surface area contributed by atoms with Gasteiger partial charge in [0.05, 0.1) is 45.7 Å². The lowest BCUT2D eigenvalue weighted by molar-refractivity contribution is -0.0109. The molecule has 0 fully saturated rings. The summed E-state index contributed by atoms with van der Waals surface area (Å²) in [4.78, 5) is 0. The molecule has 0 aliphatic heterocycles. The van der Waals surface area contributed by atoms with Crippen LogP contribution in [-0.2, 0) is 18.9 Å². The number of benzene rings is 1. The normalized spacial score (nSPS) is 12.5. The lowest BCUT2D eigenvalue weighted by Gasteiger charge is -2.16. The molecule has 1 atom stereocenters. The van der Waals surface area contributed by atoms with Crippen molar-refractivity contribution < 1.29 is 18.9 Å². The summed E-state index contributed by atoms with van der Waals surface area (Å²) in [6, 6.07) is 8.21. The molecule has 1 aromatic rings. The predicted molar refractivity (Wildman–Crippen MR) is 95.2 cm³/mol. The molecule has 120 valence electrons. The molecular weight excluding hydrogens is 451 g/mol. The van der Waals surface area contributed by atoms with E-state index in [0.717, 1.165) is 8.90 Å². The van der Waals surface area contributed by atoms with Crippen LogP contribution in [0.25, 0.3) is 0 Å². The fraction of sp³-hybridized carbons (Fsp3) is 0.600. The van der Waals surface area contributed by atoms with Crippen LogP contribution in [0, 0.1) is 0 Å². The minimum absolute atomic E-state index is 0.102. The fourth-order valence-electron chi connectivity index (χ4n) is 1.65. The second-order valence-corrected chi connectivity index (χ2v) is 6.08. The second-order valence-electron chi connectivity index (χ2n) is 4.29. The van der Waals surface area contributed by atoms with Gasteiger partial charge >= 0.3 is 0 Å². The van der Waals surface area contributed by atoms with E-state index in [1.807, 2.05) is 12.1 Å². The van der Waals surface area contributed by atoms with Gasteiger partial charge in [0.1, 0.15) is 0 Å². The van der Waals surface area contributed by atoms with Crippen LogP contribution in [0.3, 0.4) is 0 Å². The summed E-state index contributed by atoms with van der Waals surface area (Å²) in [6.45, 7) is 3.56. The molecular formula is C15H22BrIO4. The Bertz CT molecular complexity index is 378. The summed E-state index contributed by atoms with van der Waals surface area (Å²) in [6.07, 6.45) is 0.102. The van der Waals surface area contributed by atoms with Crippen molar-refractivity contribution in [2.24, 2.45) is 0 Å². The van der Waals surface area contributed by atoms with Gasteiger partial charge in [-0.05, 0) is 17.7 Å². The van der Waals surface area contributed by atoms with Crippen molar-refractivity contribution in [1.82, 2.24) is 0 Å². The summed E-state index contributed by atoms with van der Waals surface area (Å²) < 4.78 is 23.5. The number of alkyl halides is 1. The molecule has 0 N–H and O–H groups in total. The highest BCUT2D eigenvalue weighted by atomic mass is 127. The lowest BCUT2D eigenvalue weighted by Crippen LogP contribution is -2.13. The predicted octanol–water partition coefficient (Wildman–Crippen LogP) is 3.62. The van der Waals surface area contributed by atoms with E-state index in [1.165, 1.54) is 5.56 Å². The van der Waals surface area contributed by atoms with E-state index in [2.05, 4.69) is 50.7 Å². The fourth-order valence-corrected chi connectivity index (χ4v) is 2.83. The number of methoxy groups -OCH3 is 1. The van der Waals surface area contributed by atoms with Gasteiger partial charge in [0, 0.05) is 16.0 Å². The van der Waals surface area contributed by atoms with Gasteiger partial charge in [0.25, 0.3) is 0 Å². The van der Waals surface area contributed by atoms with Crippen LogP contribution in [0.4, 0.5) is 0 Å². The molecule has 6 heteroatoms. The summed E-state index contributed by atoms with van der Waals surface area (Å²) in [5, 5.41) is 0. The SMILES string of the molecule is COCCOCCOCCOC(CI)c1cccc(Br)c1. The minimum atomic E-state index is 0.102. The van der Waals surface area contributed by atoms with Gasteiger partial charge in [-0.25, -0.2) is 0 Å². The maximum Gasteiger partial charge on any atom is 0.0915 e. The van der Waals surface area contributed by atoms with Gasteiger partial charge in [-0.2, -0.15) is 0 Å². The van der Waals surface area contributed by atoms with E-state index in [9.17, 15) is 0 Å². The van der Waals surface area contributed by atoms with E-state index in [1.54, 1.807) is 7.11 Å². The Balaban J connectivity index is 2.10. The Morgan fingerprint density at radius 3 is 2.33 bits per heavy atom. The standard InChI is InChI=1S/C15H22BrIO4/c1-18-5-6-19-7-8-20-9-10-21-15(12-17)13-3-2-4-14(16)11-13/h2-4,11,15H,5-10,12H2,1H3. The molecule has 0 aliphatic carbocycles. The van der Waals surface area contributed by atoms with Crippen molar-refractivity contribution in [3.05, 3.63) is 34.3 Å². The van der Waals surface area contributed by atoms with E-state index >= 15 is 0 Å². The zero-order valence-electron chi connectivity index (χ0n) is 12.2. The molecule has 0 heterocycles. The number of halogens is 2. The van der Waals surface area contributed by atoms with Crippen LogP contribution in [0.2, 0.25) is 0 Å². The number of rotatable bonds is 12. The highest BCUT2D eigenvalue weighted by Gasteiger charge is 2.10. The Morgan fingerprint density at radius 1 is 1.05 bits per heavy atom. The van der Waals surface area contributed by atoms with Crippen molar-refractivity contribution in [2.45, 2.75) is 6.10 Å². The molecule has 0 amide bonds.